The standard InChI is InChI=1S/C17H34N4OS/c1-4-16(14-23-3)18-17(22)21-7-5-15(6-8-21)13-20-11-9-19(2)10-12-20/h15-16H,4-14H2,1-3H3,(H,18,22)/t16-/m0/s1. The van der Waals surface area contributed by atoms with Crippen molar-refractivity contribution < 1.29 is 4.79 Å². The highest BCUT2D eigenvalue weighted by Gasteiger charge is 2.26. The molecule has 5 nitrogen and oxygen atoms in total. The summed E-state index contributed by atoms with van der Waals surface area (Å²) in [5.41, 5.74) is 0. The Kier molecular flexibility index (Phi) is 7.99. The first kappa shape index (κ1) is 18.9. The van der Waals surface area contributed by atoms with Gasteiger partial charge in [-0.2, -0.15) is 11.8 Å². The Morgan fingerprint density at radius 2 is 1.83 bits per heavy atom. The number of hydrogen-bond donors (Lipinski definition) is 1. The van der Waals surface area contributed by atoms with Crippen LogP contribution in [0.5, 0.6) is 0 Å². The number of nitrogens with one attached hydrogen (secondary N) is 1. The molecule has 2 saturated heterocycles. The van der Waals surface area contributed by atoms with Gasteiger partial charge in [-0.15, -0.1) is 0 Å². The third kappa shape index (κ3) is 6.16. The molecule has 2 fully saturated rings. The van der Waals surface area contributed by atoms with Crippen LogP contribution in [0.25, 0.3) is 0 Å². The lowest BCUT2D eigenvalue weighted by Gasteiger charge is -2.38. The smallest absolute Gasteiger partial charge is 0.317 e. The minimum absolute atomic E-state index is 0.143. The van der Waals surface area contributed by atoms with Gasteiger partial charge < -0.3 is 20.0 Å². The van der Waals surface area contributed by atoms with Crippen LogP contribution in [-0.4, -0.2) is 91.6 Å². The Morgan fingerprint density at radius 3 is 2.39 bits per heavy atom. The minimum Gasteiger partial charge on any atom is -0.334 e. The zero-order valence-electron chi connectivity index (χ0n) is 15.1. The van der Waals surface area contributed by atoms with E-state index in [4.69, 9.17) is 0 Å². The first-order chi connectivity index (χ1) is 11.1. The number of piperidine rings is 1. The molecule has 0 aromatic heterocycles. The molecule has 1 atom stereocenters. The van der Waals surface area contributed by atoms with Crippen molar-refractivity contribution in [3.05, 3.63) is 0 Å². The third-order valence-corrected chi connectivity index (χ3v) is 5.94. The molecule has 1 N–H and O–H groups in total. The fraction of sp³-hybridized carbons (Fsp3) is 0.941. The van der Waals surface area contributed by atoms with Crippen LogP contribution in [0.2, 0.25) is 0 Å². The van der Waals surface area contributed by atoms with Gasteiger partial charge in [-0.3, -0.25) is 0 Å². The summed E-state index contributed by atoms with van der Waals surface area (Å²) >= 11 is 1.80. The summed E-state index contributed by atoms with van der Waals surface area (Å²) in [6, 6.07) is 0.449. The van der Waals surface area contributed by atoms with Gasteiger partial charge in [-0.05, 0) is 38.5 Å². The van der Waals surface area contributed by atoms with Gasteiger partial charge in [0, 0.05) is 57.6 Å². The maximum atomic E-state index is 12.4. The van der Waals surface area contributed by atoms with Crippen molar-refractivity contribution in [3.63, 3.8) is 0 Å². The molecule has 2 rings (SSSR count). The Hall–Kier alpha value is -0.460. The second-order valence-electron chi connectivity index (χ2n) is 7.04. The number of carbonyl (C=O) groups excluding carboxylic acids is 1. The van der Waals surface area contributed by atoms with Crippen molar-refractivity contribution in [2.45, 2.75) is 32.2 Å². The summed E-state index contributed by atoms with van der Waals surface area (Å²) in [4.78, 5) is 19.4. The molecule has 0 unspecified atom stereocenters. The van der Waals surface area contributed by atoms with E-state index in [2.05, 4.69) is 35.3 Å². The highest BCUT2D eigenvalue weighted by atomic mass is 32.2. The van der Waals surface area contributed by atoms with E-state index in [1.807, 2.05) is 4.90 Å². The number of rotatable bonds is 6. The van der Waals surface area contributed by atoms with E-state index >= 15 is 0 Å². The van der Waals surface area contributed by atoms with Crippen molar-refractivity contribution >= 4 is 17.8 Å². The average molecular weight is 343 g/mol. The summed E-state index contributed by atoms with van der Waals surface area (Å²) in [7, 11) is 2.20. The monoisotopic (exact) mass is 342 g/mol. The number of amides is 2. The summed E-state index contributed by atoms with van der Waals surface area (Å²) in [5, 5.41) is 3.19. The number of likely N-dealkylation sites (N-methyl/N-ethyl adjacent to an activating group) is 1. The van der Waals surface area contributed by atoms with Gasteiger partial charge in [0.15, 0.2) is 0 Å². The molecule has 23 heavy (non-hydrogen) atoms. The normalized spacial score (nSPS) is 23.0. The van der Waals surface area contributed by atoms with Gasteiger partial charge in [0.1, 0.15) is 0 Å². The SMILES string of the molecule is CC[C@@H](CSC)NC(=O)N1CCC(CN2CCN(C)CC2)CC1. The molecule has 2 aliphatic heterocycles. The zero-order chi connectivity index (χ0) is 16.7. The number of thioether (sulfide) groups is 1. The van der Waals surface area contributed by atoms with Crippen molar-refractivity contribution in [3.8, 4) is 0 Å². The third-order valence-electron chi connectivity index (χ3n) is 5.20. The lowest BCUT2D eigenvalue weighted by Crippen LogP contribution is -2.50. The summed E-state index contributed by atoms with van der Waals surface area (Å²) in [6.07, 6.45) is 5.41. The molecule has 0 aliphatic carbocycles. The minimum atomic E-state index is 0.143. The van der Waals surface area contributed by atoms with E-state index in [0.29, 0.717) is 6.04 Å². The maximum absolute atomic E-state index is 12.4. The van der Waals surface area contributed by atoms with Crippen LogP contribution < -0.4 is 5.32 Å². The molecule has 0 aromatic rings. The number of urea groups is 1. The van der Waals surface area contributed by atoms with Crippen molar-refractivity contribution in [1.82, 2.24) is 20.0 Å². The van der Waals surface area contributed by atoms with Crippen molar-refractivity contribution in [2.75, 3.05) is 64.9 Å². The summed E-state index contributed by atoms with van der Waals surface area (Å²) < 4.78 is 0. The molecule has 0 spiro atoms. The first-order valence-electron chi connectivity index (χ1n) is 9.07. The maximum Gasteiger partial charge on any atom is 0.317 e. The lowest BCUT2D eigenvalue weighted by molar-refractivity contribution is 0.110. The average Bonchev–Trinajstić information content (AvgIpc) is 2.57. The molecular formula is C17H34N4OS. The van der Waals surface area contributed by atoms with Crippen LogP contribution >= 0.6 is 11.8 Å². The Labute approximate surface area is 146 Å². The highest BCUT2D eigenvalue weighted by Crippen LogP contribution is 2.19. The molecule has 0 bridgehead atoms. The van der Waals surface area contributed by atoms with Crippen LogP contribution in [-0.2, 0) is 0 Å². The number of carbonyl (C=O) groups is 1. The summed E-state index contributed by atoms with van der Waals surface area (Å²) in [6.45, 7) is 9.97. The Morgan fingerprint density at radius 1 is 1.17 bits per heavy atom. The molecule has 2 heterocycles. The molecule has 0 radical (unpaired) electrons. The van der Waals surface area contributed by atoms with Crippen LogP contribution in [0.15, 0.2) is 0 Å². The van der Waals surface area contributed by atoms with Crippen LogP contribution in [0, 0.1) is 5.92 Å². The molecule has 2 aliphatic rings. The molecule has 0 saturated carbocycles. The molecule has 6 heteroatoms. The molecule has 2 amide bonds. The van der Waals surface area contributed by atoms with Crippen LogP contribution in [0.4, 0.5) is 4.79 Å². The van der Waals surface area contributed by atoms with Gasteiger partial charge in [-0.1, -0.05) is 6.92 Å². The quantitative estimate of drug-likeness (QED) is 0.799. The summed E-state index contributed by atoms with van der Waals surface area (Å²) in [5.74, 6) is 1.76. The van der Waals surface area contributed by atoms with Gasteiger partial charge >= 0.3 is 6.03 Å². The van der Waals surface area contributed by atoms with Gasteiger partial charge in [-0.25, -0.2) is 4.79 Å². The lowest BCUT2D eigenvalue weighted by atomic mass is 9.96. The van der Waals surface area contributed by atoms with Gasteiger partial charge in [0.2, 0.25) is 0 Å². The van der Waals surface area contributed by atoms with Crippen molar-refractivity contribution in [2.24, 2.45) is 5.92 Å². The van der Waals surface area contributed by atoms with Gasteiger partial charge in [0.25, 0.3) is 0 Å². The predicted octanol–water partition coefficient (Wildman–Crippen LogP) is 1.80. The highest BCUT2D eigenvalue weighted by molar-refractivity contribution is 7.98. The van der Waals surface area contributed by atoms with E-state index in [1.54, 1.807) is 11.8 Å². The van der Waals surface area contributed by atoms with Crippen LogP contribution in [0.1, 0.15) is 26.2 Å². The Bertz CT molecular complexity index is 353. The topological polar surface area (TPSA) is 38.8 Å². The number of likely N-dealkylation sites (tertiary alicyclic amines) is 1. The first-order valence-corrected chi connectivity index (χ1v) is 10.5. The van der Waals surface area contributed by atoms with E-state index < -0.39 is 0 Å². The van der Waals surface area contributed by atoms with Crippen LogP contribution in [0.3, 0.4) is 0 Å². The van der Waals surface area contributed by atoms with E-state index in [-0.39, 0.29) is 6.03 Å². The van der Waals surface area contributed by atoms with E-state index in [9.17, 15) is 4.79 Å². The van der Waals surface area contributed by atoms with Gasteiger partial charge in [0.05, 0.1) is 0 Å². The number of piperazine rings is 1. The number of nitrogens with zero attached hydrogens (tertiary/aromatic N) is 3. The molecule has 134 valence electrons. The second-order valence-corrected chi connectivity index (χ2v) is 7.95. The predicted molar refractivity (Wildman–Crippen MR) is 99.2 cm³/mol. The number of hydrogen-bond acceptors (Lipinski definition) is 4. The van der Waals surface area contributed by atoms with E-state index in [0.717, 1.165) is 44.0 Å². The van der Waals surface area contributed by atoms with E-state index in [1.165, 1.54) is 32.7 Å². The Balaban J connectivity index is 1.67. The fourth-order valence-electron chi connectivity index (χ4n) is 3.44. The molecule has 0 aromatic carbocycles. The fourth-order valence-corrected chi connectivity index (χ4v) is 4.16. The largest absolute Gasteiger partial charge is 0.334 e. The second kappa shape index (κ2) is 9.74. The zero-order valence-corrected chi connectivity index (χ0v) is 15.9. The van der Waals surface area contributed by atoms with Crippen molar-refractivity contribution in [1.29, 1.82) is 0 Å². The molecular weight excluding hydrogens is 308 g/mol.